The summed E-state index contributed by atoms with van der Waals surface area (Å²) >= 11 is 0. The molecule has 8 aromatic rings. The van der Waals surface area contributed by atoms with Gasteiger partial charge in [-0.05, 0) is 64.5 Å². The van der Waals surface area contributed by atoms with Crippen molar-refractivity contribution in [2.24, 2.45) is 0 Å². The number of aryl methyl sites for hydroxylation is 1. The molecule has 0 saturated carbocycles. The van der Waals surface area contributed by atoms with Crippen LogP contribution in [0.1, 0.15) is 5.56 Å². The molecule has 0 aliphatic carbocycles. The smallest absolute Gasteiger partial charge is 0.0551 e. The van der Waals surface area contributed by atoms with E-state index in [1.807, 2.05) is 0 Å². The predicted octanol–water partition coefficient (Wildman–Crippen LogP) is 9.55. The van der Waals surface area contributed by atoms with Crippen LogP contribution >= 0.6 is 0 Å². The molecule has 8 rings (SSSR count). The summed E-state index contributed by atoms with van der Waals surface area (Å²) in [5.74, 6) is 0. The number of nitrogens with zero attached hydrogens (tertiary/aromatic N) is 1. The summed E-state index contributed by atoms with van der Waals surface area (Å²) < 4.78 is 2.30. The van der Waals surface area contributed by atoms with Crippen LogP contribution in [0.2, 0.25) is 0 Å². The molecular weight excluding hydrogens is 448 g/mol. The summed E-state index contributed by atoms with van der Waals surface area (Å²) in [6.45, 7) is 2.12. The maximum atomic E-state index is 3.77. The monoisotopic (exact) mass is 472 g/mol. The van der Waals surface area contributed by atoms with Gasteiger partial charge >= 0.3 is 0 Å². The number of aromatic nitrogens is 2. The number of H-pyrrole nitrogens is 1. The van der Waals surface area contributed by atoms with E-state index < -0.39 is 0 Å². The first-order valence-corrected chi connectivity index (χ1v) is 12.8. The fourth-order valence-electron chi connectivity index (χ4n) is 6.04. The van der Waals surface area contributed by atoms with Gasteiger partial charge in [-0.1, -0.05) is 90.5 Å². The molecular formula is C35H24N2. The van der Waals surface area contributed by atoms with Crippen LogP contribution in [-0.4, -0.2) is 9.55 Å². The van der Waals surface area contributed by atoms with Crippen molar-refractivity contribution in [1.82, 2.24) is 9.55 Å². The first kappa shape index (κ1) is 20.4. The lowest BCUT2D eigenvalue weighted by molar-refractivity contribution is 1.13. The van der Waals surface area contributed by atoms with Crippen molar-refractivity contribution in [2.75, 3.05) is 0 Å². The van der Waals surface area contributed by atoms with Gasteiger partial charge in [0.1, 0.15) is 0 Å². The summed E-state index contributed by atoms with van der Waals surface area (Å²) in [6.07, 6.45) is 2.20. The van der Waals surface area contributed by atoms with E-state index in [0.717, 1.165) is 0 Å². The van der Waals surface area contributed by atoms with E-state index in [9.17, 15) is 0 Å². The average molecular weight is 473 g/mol. The Balaban J connectivity index is 1.37. The van der Waals surface area contributed by atoms with Crippen LogP contribution in [0.4, 0.5) is 0 Å². The summed E-state index contributed by atoms with van der Waals surface area (Å²) in [4.78, 5) is 3.77. The van der Waals surface area contributed by atoms with Crippen molar-refractivity contribution in [3.8, 4) is 16.8 Å². The highest BCUT2D eigenvalue weighted by Gasteiger charge is 2.16. The van der Waals surface area contributed by atoms with Crippen molar-refractivity contribution in [1.29, 1.82) is 0 Å². The molecule has 0 saturated heterocycles. The quantitative estimate of drug-likeness (QED) is 0.242. The van der Waals surface area contributed by atoms with E-state index in [2.05, 4.69) is 138 Å². The van der Waals surface area contributed by atoms with Crippen molar-refractivity contribution < 1.29 is 0 Å². The molecule has 2 nitrogen and oxygen atoms in total. The van der Waals surface area contributed by atoms with E-state index in [1.54, 1.807) is 0 Å². The summed E-state index contributed by atoms with van der Waals surface area (Å²) in [5.41, 5.74) is 8.54. The highest BCUT2D eigenvalue weighted by Crippen LogP contribution is 2.41. The second-order valence-electron chi connectivity index (χ2n) is 9.99. The molecule has 0 spiro atoms. The molecule has 0 fully saturated rings. The Hall–Kier alpha value is -4.82. The molecule has 0 amide bonds. The molecule has 2 heterocycles. The normalized spacial score (nSPS) is 11.9. The lowest BCUT2D eigenvalue weighted by Crippen LogP contribution is -1.91. The van der Waals surface area contributed by atoms with Crippen LogP contribution in [0, 0.1) is 6.92 Å². The van der Waals surface area contributed by atoms with Crippen molar-refractivity contribution in [2.45, 2.75) is 6.92 Å². The van der Waals surface area contributed by atoms with Crippen LogP contribution in [0.25, 0.3) is 71.1 Å². The standard InChI is InChI=1S/C35H24N2/c1-22-10-12-23(13-11-22)24-14-16-25(17-15-24)37-21-20-30-32(37)19-18-31-33(30)34-28-8-4-2-6-26(28)27-7-3-5-9-29(27)35(34)36-31/h2-21,36H,1H3. The van der Waals surface area contributed by atoms with Gasteiger partial charge < -0.3 is 9.55 Å². The van der Waals surface area contributed by atoms with Gasteiger partial charge in [-0.2, -0.15) is 0 Å². The fraction of sp³-hybridized carbons (Fsp3) is 0.0286. The van der Waals surface area contributed by atoms with Crippen LogP contribution in [-0.2, 0) is 0 Å². The third-order valence-electron chi connectivity index (χ3n) is 7.85. The molecule has 1 N–H and O–H groups in total. The van der Waals surface area contributed by atoms with Gasteiger partial charge in [-0.3, -0.25) is 0 Å². The van der Waals surface area contributed by atoms with E-state index in [0.29, 0.717) is 0 Å². The molecule has 37 heavy (non-hydrogen) atoms. The van der Waals surface area contributed by atoms with Crippen LogP contribution < -0.4 is 0 Å². The van der Waals surface area contributed by atoms with Crippen molar-refractivity contribution in [3.05, 3.63) is 127 Å². The molecule has 6 aromatic carbocycles. The third-order valence-corrected chi connectivity index (χ3v) is 7.85. The largest absolute Gasteiger partial charge is 0.354 e. The van der Waals surface area contributed by atoms with Gasteiger partial charge in [0.15, 0.2) is 0 Å². The van der Waals surface area contributed by atoms with Gasteiger partial charge in [0.05, 0.1) is 11.0 Å². The summed E-state index contributed by atoms with van der Waals surface area (Å²) in [5, 5.41) is 9.03. The van der Waals surface area contributed by atoms with E-state index in [-0.39, 0.29) is 0 Å². The van der Waals surface area contributed by atoms with Gasteiger partial charge in [0, 0.05) is 38.9 Å². The lowest BCUT2D eigenvalue weighted by atomic mass is 9.96. The van der Waals surface area contributed by atoms with E-state index in [4.69, 9.17) is 0 Å². The topological polar surface area (TPSA) is 20.7 Å². The van der Waals surface area contributed by atoms with Gasteiger partial charge in [0.25, 0.3) is 0 Å². The molecule has 0 radical (unpaired) electrons. The molecule has 0 unspecified atom stereocenters. The van der Waals surface area contributed by atoms with Crippen LogP contribution in [0.5, 0.6) is 0 Å². The summed E-state index contributed by atoms with van der Waals surface area (Å²) in [6, 6.07) is 41.9. The fourth-order valence-corrected chi connectivity index (χ4v) is 6.04. The number of aromatic amines is 1. The summed E-state index contributed by atoms with van der Waals surface area (Å²) in [7, 11) is 0. The minimum absolute atomic E-state index is 1.17. The maximum absolute atomic E-state index is 3.77. The average Bonchev–Trinajstić information content (AvgIpc) is 3.56. The molecule has 0 atom stereocenters. The van der Waals surface area contributed by atoms with E-state index >= 15 is 0 Å². The van der Waals surface area contributed by atoms with Crippen molar-refractivity contribution in [3.63, 3.8) is 0 Å². The van der Waals surface area contributed by atoms with Crippen LogP contribution in [0.15, 0.2) is 121 Å². The molecule has 0 bridgehead atoms. The second kappa shape index (κ2) is 7.59. The minimum atomic E-state index is 1.17. The molecule has 174 valence electrons. The number of benzene rings is 6. The Morgan fingerprint density at radius 2 is 1.14 bits per heavy atom. The highest BCUT2D eigenvalue weighted by atomic mass is 15.0. The zero-order valence-corrected chi connectivity index (χ0v) is 20.5. The van der Waals surface area contributed by atoms with Gasteiger partial charge in [-0.25, -0.2) is 0 Å². The SMILES string of the molecule is Cc1ccc(-c2ccc(-n3ccc4c5c(ccc43)[nH]c3c4ccccc4c4ccccc4c35)cc2)cc1. The van der Waals surface area contributed by atoms with Crippen LogP contribution in [0.3, 0.4) is 0 Å². The number of fused-ring (bicyclic) bond motifs is 10. The zero-order chi connectivity index (χ0) is 24.5. The third kappa shape index (κ3) is 2.93. The zero-order valence-electron chi connectivity index (χ0n) is 20.5. The Morgan fingerprint density at radius 1 is 0.514 bits per heavy atom. The van der Waals surface area contributed by atoms with Gasteiger partial charge in [0.2, 0.25) is 0 Å². The first-order chi connectivity index (χ1) is 18.3. The molecule has 2 heteroatoms. The molecule has 0 aliphatic rings. The first-order valence-electron chi connectivity index (χ1n) is 12.8. The van der Waals surface area contributed by atoms with Crippen molar-refractivity contribution >= 4 is 54.3 Å². The van der Waals surface area contributed by atoms with E-state index in [1.165, 1.54) is 76.6 Å². The Labute approximate surface area is 214 Å². The Bertz CT molecular complexity index is 2120. The highest BCUT2D eigenvalue weighted by molar-refractivity contribution is 6.34. The number of hydrogen-bond donors (Lipinski definition) is 1. The lowest BCUT2D eigenvalue weighted by Gasteiger charge is -2.09. The maximum Gasteiger partial charge on any atom is 0.0551 e. The minimum Gasteiger partial charge on any atom is -0.354 e. The Kier molecular flexibility index (Phi) is 4.18. The van der Waals surface area contributed by atoms with Gasteiger partial charge in [-0.15, -0.1) is 0 Å². The molecule has 2 aromatic heterocycles. The second-order valence-corrected chi connectivity index (χ2v) is 9.99. The molecule has 0 aliphatic heterocycles. The number of nitrogens with one attached hydrogen (secondary N) is 1. The number of hydrogen-bond acceptors (Lipinski definition) is 0. The Morgan fingerprint density at radius 3 is 1.86 bits per heavy atom. The number of rotatable bonds is 2. The predicted molar refractivity (Wildman–Crippen MR) is 158 cm³/mol.